The highest BCUT2D eigenvalue weighted by atomic mass is 35.5. The summed E-state index contributed by atoms with van der Waals surface area (Å²) in [5, 5.41) is 6.22. The Morgan fingerprint density at radius 2 is 1.77 bits per heavy atom. The van der Waals surface area contributed by atoms with E-state index in [1.165, 1.54) is 35.6 Å². The van der Waals surface area contributed by atoms with Crippen LogP contribution in [0, 0.1) is 5.82 Å². The van der Waals surface area contributed by atoms with E-state index >= 15 is 0 Å². The fraction of sp³-hybridized carbons (Fsp3) is 0.0435. The molecule has 0 aliphatic rings. The van der Waals surface area contributed by atoms with Crippen LogP contribution in [-0.2, 0) is 6.61 Å². The van der Waals surface area contributed by atoms with Crippen LogP contribution in [-0.4, -0.2) is 10.9 Å². The van der Waals surface area contributed by atoms with Gasteiger partial charge in [-0.3, -0.25) is 4.79 Å². The molecular formula is C23H15Cl2FN2O2S. The molecule has 0 aliphatic heterocycles. The molecule has 156 valence electrons. The third kappa shape index (κ3) is 5.41. The predicted molar refractivity (Wildman–Crippen MR) is 123 cm³/mol. The molecule has 1 amide bonds. The van der Waals surface area contributed by atoms with E-state index < -0.39 is 0 Å². The zero-order chi connectivity index (χ0) is 21.8. The fourth-order valence-electron chi connectivity index (χ4n) is 2.73. The molecule has 4 rings (SSSR count). The molecule has 4 aromatic rings. The molecular weight excluding hydrogens is 458 g/mol. The summed E-state index contributed by atoms with van der Waals surface area (Å²) in [6, 6.07) is 18.2. The lowest BCUT2D eigenvalue weighted by Crippen LogP contribution is -2.12. The van der Waals surface area contributed by atoms with Gasteiger partial charge in [-0.15, -0.1) is 11.3 Å². The second kappa shape index (κ2) is 9.47. The highest BCUT2D eigenvalue weighted by Crippen LogP contribution is 2.27. The first kappa shape index (κ1) is 21.3. The van der Waals surface area contributed by atoms with Crippen LogP contribution in [0.2, 0.25) is 10.0 Å². The minimum Gasteiger partial charge on any atom is -0.489 e. The van der Waals surface area contributed by atoms with Crippen molar-refractivity contribution in [2.24, 2.45) is 0 Å². The third-order valence-electron chi connectivity index (χ3n) is 4.35. The van der Waals surface area contributed by atoms with E-state index in [1.54, 1.807) is 17.5 Å². The second-order valence-electron chi connectivity index (χ2n) is 6.55. The number of anilines is 1. The molecule has 1 heterocycles. The zero-order valence-electron chi connectivity index (χ0n) is 15.9. The molecule has 0 saturated heterocycles. The number of rotatable bonds is 6. The Morgan fingerprint density at radius 1 is 1.03 bits per heavy atom. The molecule has 3 aromatic carbocycles. The Morgan fingerprint density at radius 3 is 2.48 bits per heavy atom. The molecule has 0 unspecified atom stereocenters. The molecule has 0 bridgehead atoms. The summed E-state index contributed by atoms with van der Waals surface area (Å²) in [5.41, 5.74) is 2.50. The number of nitrogens with zero attached hydrogens (tertiary/aromatic N) is 1. The largest absolute Gasteiger partial charge is 0.489 e. The number of benzene rings is 3. The van der Waals surface area contributed by atoms with Gasteiger partial charge in [0.25, 0.3) is 5.91 Å². The maximum absolute atomic E-state index is 13.0. The van der Waals surface area contributed by atoms with E-state index in [4.69, 9.17) is 27.9 Å². The van der Waals surface area contributed by atoms with Gasteiger partial charge in [0, 0.05) is 32.2 Å². The van der Waals surface area contributed by atoms with Crippen molar-refractivity contribution in [2.45, 2.75) is 6.61 Å². The maximum atomic E-state index is 13.0. The Labute approximate surface area is 192 Å². The Hall–Kier alpha value is -2.93. The summed E-state index contributed by atoms with van der Waals surface area (Å²) in [7, 11) is 0. The second-order valence-corrected chi connectivity index (χ2v) is 8.25. The average molecular weight is 473 g/mol. The molecule has 0 fully saturated rings. The van der Waals surface area contributed by atoms with Crippen molar-refractivity contribution in [1.82, 2.24) is 4.98 Å². The molecule has 0 radical (unpaired) electrons. The van der Waals surface area contributed by atoms with Crippen LogP contribution in [0.5, 0.6) is 5.75 Å². The Bertz CT molecular complexity index is 1210. The molecule has 8 heteroatoms. The fourth-order valence-corrected chi connectivity index (χ4v) is 4.00. The van der Waals surface area contributed by atoms with Gasteiger partial charge >= 0.3 is 0 Å². The average Bonchev–Trinajstić information content (AvgIpc) is 3.26. The number of hydrogen-bond donors (Lipinski definition) is 1. The minimum atomic E-state index is -0.363. The Kier molecular flexibility index (Phi) is 6.51. The number of halogens is 3. The number of carbonyl (C=O) groups is 1. The van der Waals surface area contributed by atoms with Crippen LogP contribution in [0.25, 0.3) is 10.6 Å². The first-order valence-corrected chi connectivity index (χ1v) is 10.8. The van der Waals surface area contributed by atoms with Crippen molar-refractivity contribution in [3.05, 3.63) is 99.2 Å². The van der Waals surface area contributed by atoms with Gasteiger partial charge in [-0.05, 0) is 60.7 Å². The van der Waals surface area contributed by atoms with E-state index in [1.807, 2.05) is 30.3 Å². The van der Waals surface area contributed by atoms with Crippen LogP contribution in [0.3, 0.4) is 0 Å². The number of amides is 1. The van der Waals surface area contributed by atoms with Gasteiger partial charge < -0.3 is 10.1 Å². The summed E-state index contributed by atoms with van der Waals surface area (Å²) in [6.45, 7) is 0.320. The number of hydrogen-bond acceptors (Lipinski definition) is 4. The lowest BCUT2D eigenvalue weighted by atomic mass is 10.2. The van der Waals surface area contributed by atoms with Crippen molar-refractivity contribution in [3.63, 3.8) is 0 Å². The summed E-state index contributed by atoms with van der Waals surface area (Å²) < 4.78 is 18.8. The van der Waals surface area contributed by atoms with E-state index in [0.717, 1.165) is 11.1 Å². The van der Waals surface area contributed by atoms with Gasteiger partial charge in [0.2, 0.25) is 0 Å². The van der Waals surface area contributed by atoms with Crippen LogP contribution in [0.4, 0.5) is 10.1 Å². The molecule has 0 saturated carbocycles. The highest BCUT2D eigenvalue weighted by Gasteiger charge is 2.12. The molecule has 0 aliphatic carbocycles. The minimum absolute atomic E-state index is 0.294. The van der Waals surface area contributed by atoms with Gasteiger partial charge in [0.05, 0.1) is 0 Å². The lowest BCUT2D eigenvalue weighted by molar-refractivity contribution is 0.102. The predicted octanol–water partition coefficient (Wildman–Crippen LogP) is 7.09. The van der Waals surface area contributed by atoms with Crippen LogP contribution in [0.1, 0.15) is 16.1 Å². The standard InChI is InChI=1S/C23H15Cl2FN2O2S/c24-16-4-1-15(20(25)11-16)12-30-19-9-2-14(3-10-19)23-28-21(13-31-23)22(29)27-18-7-5-17(26)6-8-18/h1-11,13H,12H2,(H,27,29). The number of carbonyl (C=O) groups excluding carboxylic acids is 1. The first-order chi connectivity index (χ1) is 15.0. The molecule has 31 heavy (non-hydrogen) atoms. The smallest absolute Gasteiger partial charge is 0.275 e. The summed E-state index contributed by atoms with van der Waals surface area (Å²) in [5.74, 6) is -0.0351. The van der Waals surface area contributed by atoms with Crippen molar-refractivity contribution in [3.8, 4) is 16.3 Å². The number of ether oxygens (including phenoxy) is 1. The summed E-state index contributed by atoms with van der Waals surface area (Å²) in [6.07, 6.45) is 0. The third-order valence-corrected chi connectivity index (χ3v) is 5.83. The van der Waals surface area contributed by atoms with Crippen molar-refractivity contribution in [2.75, 3.05) is 5.32 Å². The molecule has 4 nitrogen and oxygen atoms in total. The van der Waals surface area contributed by atoms with Crippen LogP contribution >= 0.6 is 34.5 Å². The highest BCUT2D eigenvalue weighted by molar-refractivity contribution is 7.13. The van der Waals surface area contributed by atoms with Crippen molar-refractivity contribution >= 4 is 46.1 Å². The molecule has 1 N–H and O–H groups in total. The summed E-state index contributed by atoms with van der Waals surface area (Å²) >= 11 is 13.4. The normalized spacial score (nSPS) is 10.7. The molecule has 1 aromatic heterocycles. The van der Waals surface area contributed by atoms with Gasteiger partial charge in [-0.2, -0.15) is 0 Å². The van der Waals surface area contributed by atoms with Gasteiger partial charge in [0.15, 0.2) is 0 Å². The molecule has 0 spiro atoms. The monoisotopic (exact) mass is 472 g/mol. The lowest BCUT2D eigenvalue weighted by Gasteiger charge is -2.08. The molecule has 0 atom stereocenters. The van der Waals surface area contributed by atoms with E-state index in [9.17, 15) is 9.18 Å². The number of aromatic nitrogens is 1. The zero-order valence-corrected chi connectivity index (χ0v) is 18.3. The topological polar surface area (TPSA) is 51.2 Å². The van der Waals surface area contributed by atoms with Crippen LogP contribution in [0.15, 0.2) is 72.1 Å². The quantitative estimate of drug-likeness (QED) is 0.325. The SMILES string of the molecule is O=C(Nc1ccc(F)cc1)c1csc(-c2ccc(OCc3ccc(Cl)cc3Cl)cc2)n1. The van der Waals surface area contributed by atoms with Crippen LogP contribution < -0.4 is 10.1 Å². The van der Waals surface area contributed by atoms with Crippen molar-refractivity contribution < 1.29 is 13.9 Å². The maximum Gasteiger partial charge on any atom is 0.275 e. The van der Waals surface area contributed by atoms with Gasteiger partial charge in [-0.1, -0.05) is 29.3 Å². The first-order valence-electron chi connectivity index (χ1n) is 9.17. The van der Waals surface area contributed by atoms with E-state index in [2.05, 4.69) is 10.3 Å². The van der Waals surface area contributed by atoms with Gasteiger partial charge in [0.1, 0.15) is 28.9 Å². The van der Waals surface area contributed by atoms with Gasteiger partial charge in [-0.25, -0.2) is 9.37 Å². The summed E-state index contributed by atoms with van der Waals surface area (Å²) in [4.78, 5) is 16.8. The van der Waals surface area contributed by atoms with Crippen molar-refractivity contribution in [1.29, 1.82) is 0 Å². The Balaban J connectivity index is 1.39. The number of thiazole rings is 1. The van der Waals surface area contributed by atoms with E-state index in [0.29, 0.717) is 38.8 Å². The van der Waals surface area contributed by atoms with E-state index in [-0.39, 0.29) is 11.7 Å². The number of nitrogens with one attached hydrogen (secondary N) is 1.